The number of halogens is 1. The molecule has 0 spiro atoms. The largest absolute Gasteiger partial charge is 0.249 e. The minimum absolute atomic E-state index is 0.647. The van der Waals surface area contributed by atoms with Crippen molar-refractivity contribution in [2.75, 3.05) is 0 Å². The molecule has 6 heteroatoms. The molecule has 0 saturated heterocycles. The molecular formula is C8H8BrN5. The van der Waals surface area contributed by atoms with Crippen LogP contribution in [0.4, 0.5) is 0 Å². The molecule has 0 aliphatic rings. The summed E-state index contributed by atoms with van der Waals surface area (Å²) in [7, 11) is 0. The number of aromatic nitrogens is 5. The zero-order chi connectivity index (χ0) is 9.97. The van der Waals surface area contributed by atoms with E-state index in [4.69, 9.17) is 0 Å². The lowest BCUT2D eigenvalue weighted by Crippen LogP contribution is -2.01. The second-order valence-electron chi connectivity index (χ2n) is 2.96. The third-order valence-electron chi connectivity index (χ3n) is 1.81. The summed E-state index contributed by atoms with van der Waals surface area (Å²) in [5.41, 5.74) is 2.19. The topological polar surface area (TPSA) is 56.5 Å². The van der Waals surface area contributed by atoms with Crippen LogP contribution in [0.15, 0.2) is 23.2 Å². The molecule has 2 aromatic heterocycles. The number of nitrogens with zero attached hydrogens (tertiary/aromatic N) is 5. The first-order chi connectivity index (χ1) is 6.75. The molecular weight excluding hydrogens is 246 g/mol. The van der Waals surface area contributed by atoms with Gasteiger partial charge in [-0.1, -0.05) is 0 Å². The lowest BCUT2D eigenvalue weighted by Gasteiger charge is -2.02. The van der Waals surface area contributed by atoms with Gasteiger partial charge in [0, 0.05) is 6.20 Å². The summed E-state index contributed by atoms with van der Waals surface area (Å²) in [6.07, 6.45) is 3.39. The van der Waals surface area contributed by atoms with Crippen molar-refractivity contribution < 1.29 is 0 Å². The van der Waals surface area contributed by atoms with Crippen LogP contribution in [0, 0.1) is 6.92 Å². The van der Waals surface area contributed by atoms with Crippen molar-refractivity contribution in [1.82, 2.24) is 25.2 Å². The fourth-order valence-electron chi connectivity index (χ4n) is 1.14. The van der Waals surface area contributed by atoms with Crippen molar-refractivity contribution in [3.63, 3.8) is 0 Å². The summed E-state index contributed by atoms with van der Waals surface area (Å²) in [5, 5.41) is 10.9. The summed E-state index contributed by atoms with van der Waals surface area (Å²) in [4.78, 5) is 4.19. The van der Waals surface area contributed by atoms with E-state index in [0.29, 0.717) is 6.54 Å². The van der Waals surface area contributed by atoms with E-state index < -0.39 is 0 Å². The van der Waals surface area contributed by atoms with Crippen LogP contribution in [0.5, 0.6) is 0 Å². The minimum Gasteiger partial charge on any atom is -0.249 e. The SMILES string of the molecule is Cc1cc(Cn2cnnn2)cnc1Br. The molecule has 2 aromatic rings. The van der Waals surface area contributed by atoms with Crippen LogP contribution < -0.4 is 0 Å². The summed E-state index contributed by atoms with van der Waals surface area (Å²) in [5.74, 6) is 0. The molecule has 0 aliphatic heterocycles. The van der Waals surface area contributed by atoms with E-state index in [1.54, 1.807) is 17.2 Å². The van der Waals surface area contributed by atoms with Gasteiger partial charge in [-0.2, -0.15) is 0 Å². The summed E-state index contributed by atoms with van der Waals surface area (Å²) < 4.78 is 2.53. The first-order valence-electron chi connectivity index (χ1n) is 4.07. The Hall–Kier alpha value is -1.30. The molecule has 2 rings (SSSR count). The molecule has 72 valence electrons. The molecule has 0 unspecified atom stereocenters. The Balaban J connectivity index is 2.22. The molecule has 5 nitrogen and oxygen atoms in total. The second-order valence-corrected chi connectivity index (χ2v) is 3.71. The predicted molar refractivity (Wildman–Crippen MR) is 53.6 cm³/mol. The third kappa shape index (κ3) is 1.95. The van der Waals surface area contributed by atoms with Crippen LogP contribution in [0.3, 0.4) is 0 Å². The van der Waals surface area contributed by atoms with Gasteiger partial charge in [0.1, 0.15) is 10.9 Å². The van der Waals surface area contributed by atoms with Gasteiger partial charge in [0.25, 0.3) is 0 Å². The molecule has 0 atom stereocenters. The maximum atomic E-state index is 4.19. The number of rotatable bonds is 2. The average molecular weight is 254 g/mol. The third-order valence-corrected chi connectivity index (χ3v) is 2.64. The lowest BCUT2D eigenvalue weighted by molar-refractivity contribution is 0.646. The highest BCUT2D eigenvalue weighted by atomic mass is 79.9. The maximum absolute atomic E-state index is 4.19. The first kappa shape index (κ1) is 9.26. The highest BCUT2D eigenvalue weighted by Crippen LogP contribution is 2.13. The predicted octanol–water partition coefficient (Wildman–Crippen LogP) is 1.19. The number of aryl methyl sites for hydroxylation is 1. The van der Waals surface area contributed by atoms with Gasteiger partial charge in [-0.3, -0.25) is 0 Å². The zero-order valence-electron chi connectivity index (χ0n) is 7.55. The first-order valence-corrected chi connectivity index (χ1v) is 4.87. The lowest BCUT2D eigenvalue weighted by atomic mass is 10.2. The van der Waals surface area contributed by atoms with Gasteiger partial charge in [0.05, 0.1) is 6.54 Å². The monoisotopic (exact) mass is 253 g/mol. The van der Waals surface area contributed by atoms with Crippen molar-refractivity contribution in [3.05, 3.63) is 34.3 Å². The summed E-state index contributed by atoms with van der Waals surface area (Å²) in [6, 6.07) is 2.05. The van der Waals surface area contributed by atoms with Crippen molar-refractivity contribution in [3.8, 4) is 0 Å². The molecule has 14 heavy (non-hydrogen) atoms. The van der Waals surface area contributed by atoms with E-state index in [-0.39, 0.29) is 0 Å². The molecule has 2 heterocycles. The average Bonchev–Trinajstić information content (AvgIpc) is 2.64. The van der Waals surface area contributed by atoms with E-state index >= 15 is 0 Å². The van der Waals surface area contributed by atoms with Crippen LogP contribution in [0.1, 0.15) is 11.1 Å². The van der Waals surface area contributed by atoms with E-state index in [2.05, 4.69) is 42.5 Å². The Labute approximate surface area is 89.3 Å². The van der Waals surface area contributed by atoms with E-state index in [1.807, 2.05) is 6.92 Å². The summed E-state index contributed by atoms with van der Waals surface area (Å²) in [6.45, 7) is 2.65. The second kappa shape index (κ2) is 3.83. The van der Waals surface area contributed by atoms with Crippen LogP contribution in [0.25, 0.3) is 0 Å². The number of pyridine rings is 1. The van der Waals surface area contributed by atoms with Gasteiger partial charge in [-0.05, 0) is 50.5 Å². The molecule has 0 fully saturated rings. The number of tetrazole rings is 1. The fraction of sp³-hybridized carbons (Fsp3) is 0.250. The van der Waals surface area contributed by atoms with E-state index in [9.17, 15) is 0 Å². The van der Waals surface area contributed by atoms with Crippen molar-refractivity contribution in [2.45, 2.75) is 13.5 Å². The maximum Gasteiger partial charge on any atom is 0.138 e. The van der Waals surface area contributed by atoms with Crippen molar-refractivity contribution >= 4 is 15.9 Å². The van der Waals surface area contributed by atoms with Gasteiger partial charge in [0.2, 0.25) is 0 Å². The van der Waals surface area contributed by atoms with Crippen LogP contribution in [0.2, 0.25) is 0 Å². The Morgan fingerprint density at radius 1 is 1.50 bits per heavy atom. The molecule has 0 amide bonds. The molecule has 0 saturated carbocycles. The molecule has 0 aliphatic carbocycles. The fourth-order valence-corrected chi connectivity index (χ4v) is 1.36. The smallest absolute Gasteiger partial charge is 0.138 e. The highest BCUT2D eigenvalue weighted by molar-refractivity contribution is 9.10. The number of hydrogen-bond acceptors (Lipinski definition) is 4. The van der Waals surface area contributed by atoms with Gasteiger partial charge in [-0.25, -0.2) is 9.67 Å². The van der Waals surface area contributed by atoms with Gasteiger partial charge < -0.3 is 0 Å². The normalized spacial score (nSPS) is 10.4. The van der Waals surface area contributed by atoms with Gasteiger partial charge >= 0.3 is 0 Å². The van der Waals surface area contributed by atoms with Crippen LogP contribution >= 0.6 is 15.9 Å². The molecule has 0 radical (unpaired) electrons. The van der Waals surface area contributed by atoms with E-state index in [1.165, 1.54) is 0 Å². The quantitative estimate of drug-likeness (QED) is 0.755. The molecule has 0 N–H and O–H groups in total. The Kier molecular flexibility index (Phi) is 2.53. The Bertz CT molecular complexity index is 425. The molecule has 0 bridgehead atoms. The zero-order valence-corrected chi connectivity index (χ0v) is 9.14. The minimum atomic E-state index is 0.647. The Morgan fingerprint density at radius 3 is 3.00 bits per heavy atom. The van der Waals surface area contributed by atoms with Gasteiger partial charge in [-0.15, -0.1) is 5.10 Å². The van der Waals surface area contributed by atoms with Gasteiger partial charge in [0.15, 0.2) is 0 Å². The van der Waals surface area contributed by atoms with Crippen molar-refractivity contribution in [2.24, 2.45) is 0 Å². The van der Waals surface area contributed by atoms with Crippen LogP contribution in [-0.2, 0) is 6.54 Å². The van der Waals surface area contributed by atoms with E-state index in [0.717, 1.165) is 15.7 Å². The van der Waals surface area contributed by atoms with Crippen LogP contribution in [-0.4, -0.2) is 25.2 Å². The van der Waals surface area contributed by atoms with Crippen molar-refractivity contribution in [1.29, 1.82) is 0 Å². The Morgan fingerprint density at radius 2 is 2.36 bits per heavy atom. The summed E-state index contributed by atoms with van der Waals surface area (Å²) >= 11 is 3.35. The standard InChI is InChI=1S/C8H8BrN5/c1-6-2-7(3-10-8(6)9)4-14-5-11-12-13-14/h2-3,5H,4H2,1H3. The highest BCUT2D eigenvalue weighted by Gasteiger charge is 2.00. The number of hydrogen-bond donors (Lipinski definition) is 0. The molecule has 0 aromatic carbocycles.